The number of nitrogens with zero attached hydrogens (tertiary/aromatic N) is 2. The summed E-state index contributed by atoms with van der Waals surface area (Å²) in [5.41, 5.74) is 2.31. The van der Waals surface area contributed by atoms with Crippen LogP contribution in [0.15, 0.2) is 24.4 Å². The molecule has 3 N–H and O–H groups in total. The van der Waals surface area contributed by atoms with E-state index >= 15 is 0 Å². The van der Waals surface area contributed by atoms with E-state index in [1.165, 1.54) is 20.4 Å². The highest BCUT2D eigenvalue weighted by Crippen LogP contribution is 2.40. The number of ether oxygens (including phenoxy) is 3. The Morgan fingerprint density at radius 3 is 2.40 bits per heavy atom. The van der Waals surface area contributed by atoms with Crippen LogP contribution in [0, 0.1) is 0 Å². The van der Waals surface area contributed by atoms with E-state index in [0.29, 0.717) is 17.2 Å². The fourth-order valence-electron chi connectivity index (χ4n) is 1.51. The number of nitrogens with two attached hydrogens (primary N) is 1. The number of para-hydroxylation sites is 1. The zero-order valence-electron chi connectivity index (χ0n) is 10.9. The van der Waals surface area contributed by atoms with Crippen LogP contribution in [0.5, 0.6) is 23.1 Å². The van der Waals surface area contributed by atoms with Crippen LogP contribution in [0.3, 0.4) is 0 Å². The lowest BCUT2D eigenvalue weighted by molar-refractivity contribution is 0.342. The SMILES string of the molecule is COc1cccc(OC)c1Oc1nc(NN)ncc1Cl. The molecular formula is C12H13ClN4O3. The number of halogens is 1. The molecule has 7 nitrogen and oxygen atoms in total. The van der Waals surface area contributed by atoms with E-state index in [9.17, 15) is 0 Å². The van der Waals surface area contributed by atoms with Gasteiger partial charge in [-0.05, 0) is 12.1 Å². The van der Waals surface area contributed by atoms with Crippen molar-refractivity contribution in [1.82, 2.24) is 9.97 Å². The van der Waals surface area contributed by atoms with Gasteiger partial charge in [0, 0.05) is 0 Å². The topological polar surface area (TPSA) is 91.5 Å². The van der Waals surface area contributed by atoms with Crippen molar-refractivity contribution < 1.29 is 14.2 Å². The van der Waals surface area contributed by atoms with E-state index in [1.807, 2.05) is 0 Å². The van der Waals surface area contributed by atoms with E-state index in [0.717, 1.165) is 0 Å². The fourth-order valence-corrected chi connectivity index (χ4v) is 1.64. The molecule has 20 heavy (non-hydrogen) atoms. The summed E-state index contributed by atoms with van der Waals surface area (Å²) in [6.07, 6.45) is 1.38. The van der Waals surface area contributed by atoms with Gasteiger partial charge in [0.1, 0.15) is 5.02 Å². The van der Waals surface area contributed by atoms with Crippen molar-refractivity contribution in [2.75, 3.05) is 19.6 Å². The molecule has 8 heteroatoms. The van der Waals surface area contributed by atoms with Crippen LogP contribution < -0.4 is 25.5 Å². The van der Waals surface area contributed by atoms with Gasteiger partial charge < -0.3 is 14.2 Å². The van der Waals surface area contributed by atoms with Gasteiger partial charge in [0.25, 0.3) is 0 Å². The zero-order valence-corrected chi connectivity index (χ0v) is 11.6. The number of rotatable bonds is 5. The molecule has 0 atom stereocenters. The number of hydrogen-bond donors (Lipinski definition) is 2. The number of benzene rings is 1. The summed E-state index contributed by atoms with van der Waals surface area (Å²) in [5.74, 6) is 6.90. The predicted octanol–water partition coefficient (Wildman–Crippen LogP) is 2.23. The molecule has 0 aliphatic carbocycles. The van der Waals surface area contributed by atoms with Crippen molar-refractivity contribution in [2.45, 2.75) is 0 Å². The highest BCUT2D eigenvalue weighted by molar-refractivity contribution is 6.31. The van der Waals surface area contributed by atoms with Gasteiger partial charge in [-0.15, -0.1) is 0 Å². The molecule has 0 unspecified atom stereocenters. The first-order chi connectivity index (χ1) is 9.69. The van der Waals surface area contributed by atoms with Crippen molar-refractivity contribution in [2.24, 2.45) is 5.84 Å². The van der Waals surface area contributed by atoms with Crippen molar-refractivity contribution in [3.8, 4) is 23.1 Å². The molecule has 0 saturated carbocycles. The second kappa shape index (κ2) is 6.27. The molecule has 0 spiro atoms. The van der Waals surface area contributed by atoms with E-state index in [1.54, 1.807) is 18.2 Å². The zero-order chi connectivity index (χ0) is 14.5. The van der Waals surface area contributed by atoms with E-state index in [4.69, 9.17) is 31.7 Å². The van der Waals surface area contributed by atoms with Crippen LogP contribution in [-0.4, -0.2) is 24.2 Å². The van der Waals surface area contributed by atoms with Gasteiger partial charge in [-0.1, -0.05) is 17.7 Å². The third-order valence-electron chi connectivity index (χ3n) is 2.42. The summed E-state index contributed by atoms with van der Waals surface area (Å²) in [6, 6.07) is 5.24. The quantitative estimate of drug-likeness (QED) is 0.645. The molecule has 106 valence electrons. The predicted molar refractivity (Wildman–Crippen MR) is 74.5 cm³/mol. The standard InChI is InChI=1S/C12H13ClN4O3/c1-18-8-4-3-5-9(19-2)10(8)20-11-7(13)6-15-12(16-11)17-14/h3-6H,14H2,1-2H3,(H,15,16,17). The maximum absolute atomic E-state index is 5.99. The van der Waals surface area contributed by atoms with E-state index < -0.39 is 0 Å². The van der Waals surface area contributed by atoms with Gasteiger partial charge in [0.05, 0.1) is 20.4 Å². The first-order valence-corrected chi connectivity index (χ1v) is 5.95. The van der Waals surface area contributed by atoms with Crippen LogP contribution >= 0.6 is 11.6 Å². The molecule has 0 fully saturated rings. The lowest BCUT2D eigenvalue weighted by Gasteiger charge is -2.14. The monoisotopic (exact) mass is 296 g/mol. The molecule has 0 aliphatic rings. The van der Waals surface area contributed by atoms with Crippen LogP contribution in [0.25, 0.3) is 0 Å². The normalized spacial score (nSPS) is 10.0. The molecule has 1 aromatic heterocycles. The number of hydrazine groups is 1. The molecular weight excluding hydrogens is 284 g/mol. The maximum atomic E-state index is 5.99. The van der Waals surface area contributed by atoms with Crippen LogP contribution in [-0.2, 0) is 0 Å². The highest BCUT2D eigenvalue weighted by Gasteiger charge is 2.15. The molecule has 2 aromatic rings. The number of nitrogens with one attached hydrogen (secondary N) is 1. The molecule has 0 saturated heterocycles. The van der Waals surface area contributed by atoms with Crippen molar-refractivity contribution >= 4 is 17.5 Å². The van der Waals surface area contributed by atoms with Crippen LogP contribution in [0.1, 0.15) is 0 Å². The van der Waals surface area contributed by atoms with Gasteiger partial charge in [0.2, 0.25) is 17.6 Å². The highest BCUT2D eigenvalue weighted by atomic mass is 35.5. The lowest BCUT2D eigenvalue weighted by atomic mass is 10.3. The van der Waals surface area contributed by atoms with E-state index in [2.05, 4.69) is 15.4 Å². The second-order valence-electron chi connectivity index (χ2n) is 3.58. The Bertz CT molecular complexity index is 587. The van der Waals surface area contributed by atoms with Gasteiger partial charge in [0.15, 0.2) is 11.5 Å². The Hall–Kier alpha value is -2.25. The number of anilines is 1. The van der Waals surface area contributed by atoms with Crippen LogP contribution in [0.2, 0.25) is 5.02 Å². The first-order valence-electron chi connectivity index (χ1n) is 5.57. The van der Waals surface area contributed by atoms with Crippen molar-refractivity contribution in [3.05, 3.63) is 29.4 Å². The Labute approximate surface area is 120 Å². The second-order valence-corrected chi connectivity index (χ2v) is 3.99. The molecule has 0 radical (unpaired) electrons. The van der Waals surface area contributed by atoms with Gasteiger partial charge in [-0.25, -0.2) is 10.8 Å². The number of aromatic nitrogens is 2. The van der Waals surface area contributed by atoms with Gasteiger partial charge in [-0.2, -0.15) is 4.98 Å². The number of methoxy groups -OCH3 is 2. The number of hydrogen-bond acceptors (Lipinski definition) is 7. The lowest BCUT2D eigenvalue weighted by Crippen LogP contribution is -2.10. The molecule has 0 aliphatic heterocycles. The van der Waals surface area contributed by atoms with Crippen molar-refractivity contribution in [1.29, 1.82) is 0 Å². The third-order valence-corrected chi connectivity index (χ3v) is 2.68. The smallest absolute Gasteiger partial charge is 0.243 e. The summed E-state index contributed by atoms with van der Waals surface area (Å²) >= 11 is 5.99. The van der Waals surface area contributed by atoms with Gasteiger partial charge in [-0.3, -0.25) is 5.43 Å². The molecule has 2 rings (SSSR count). The Morgan fingerprint density at radius 1 is 1.20 bits per heavy atom. The average Bonchev–Trinajstić information content (AvgIpc) is 2.49. The fraction of sp³-hybridized carbons (Fsp3) is 0.167. The minimum Gasteiger partial charge on any atom is -0.493 e. The summed E-state index contributed by atoms with van der Waals surface area (Å²) in [6.45, 7) is 0. The Kier molecular flexibility index (Phi) is 4.44. The minimum atomic E-state index is 0.136. The van der Waals surface area contributed by atoms with Gasteiger partial charge >= 0.3 is 0 Å². The Morgan fingerprint density at radius 2 is 1.85 bits per heavy atom. The summed E-state index contributed by atoms with van der Waals surface area (Å²) in [5, 5.41) is 0.233. The largest absolute Gasteiger partial charge is 0.493 e. The third kappa shape index (κ3) is 2.84. The summed E-state index contributed by atoms with van der Waals surface area (Å²) in [4.78, 5) is 7.89. The first kappa shape index (κ1) is 14.2. The molecule has 1 heterocycles. The summed E-state index contributed by atoms with van der Waals surface area (Å²) in [7, 11) is 3.05. The molecule has 0 bridgehead atoms. The molecule has 1 aromatic carbocycles. The Balaban J connectivity index is 2.43. The maximum Gasteiger partial charge on any atom is 0.243 e. The summed E-state index contributed by atoms with van der Waals surface area (Å²) < 4.78 is 16.1. The average molecular weight is 297 g/mol. The molecule has 0 amide bonds. The number of nitrogen functional groups attached to an aromatic ring is 1. The van der Waals surface area contributed by atoms with Crippen LogP contribution in [0.4, 0.5) is 5.95 Å². The van der Waals surface area contributed by atoms with Crippen molar-refractivity contribution in [3.63, 3.8) is 0 Å². The minimum absolute atomic E-state index is 0.136. The van der Waals surface area contributed by atoms with E-state index in [-0.39, 0.29) is 16.9 Å².